The minimum Gasteiger partial charge on any atom is -0.384 e. The Morgan fingerprint density at radius 1 is 1.09 bits per heavy atom. The van der Waals surface area contributed by atoms with Gasteiger partial charge in [0.15, 0.2) is 0 Å². The Labute approximate surface area is 207 Å². The second kappa shape index (κ2) is 11.0. The minimum atomic E-state index is -3.65. The average molecular weight is 495 g/mol. The molecule has 0 bridgehead atoms. The molecule has 2 saturated heterocycles. The topological polar surface area (TPSA) is 83.6 Å². The van der Waals surface area contributed by atoms with E-state index in [4.69, 9.17) is 9.72 Å². The van der Waals surface area contributed by atoms with Crippen molar-refractivity contribution >= 4 is 26.6 Å². The van der Waals surface area contributed by atoms with Crippen LogP contribution >= 0.6 is 0 Å². The predicted molar refractivity (Wildman–Crippen MR) is 140 cm³/mol. The summed E-state index contributed by atoms with van der Waals surface area (Å²) in [4.78, 5) is 5.16. The molecule has 2 aromatic carbocycles. The molecule has 0 amide bonds. The summed E-state index contributed by atoms with van der Waals surface area (Å²) in [6.45, 7) is 4.70. The van der Waals surface area contributed by atoms with Gasteiger partial charge in [-0.1, -0.05) is 36.4 Å². The Morgan fingerprint density at radius 2 is 1.89 bits per heavy atom. The molecular formula is C27H34N4O3S. The number of piperidine rings is 1. The number of nitrogens with zero attached hydrogens (tertiary/aromatic N) is 2. The van der Waals surface area contributed by atoms with E-state index in [1.165, 1.54) is 23.6 Å². The van der Waals surface area contributed by atoms with Gasteiger partial charge in [-0.15, -0.1) is 0 Å². The number of nitrogens with one attached hydrogen (secondary N) is 2. The summed E-state index contributed by atoms with van der Waals surface area (Å²) < 4.78 is 33.9. The molecule has 2 aliphatic heterocycles. The molecule has 2 fully saturated rings. The van der Waals surface area contributed by atoms with E-state index in [2.05, 4.69) is 16.7 Å². The lowest BCUT2D eigenvalue weighted by atomic mass is 9.95. The summed E-state index contributed by atoms with van der Waals surface area (Å²) in [7, 11) is -3.65. The van der Waals surface area contributed by atoms with Crippen LogP contribution in [0.5, 0.6) is 0 Å². The number of sulfonamides is 1. The lowest BCUT2D eigenvalue weighted by molar-refractivity contribution is 0.0730. The normalized spacial score (nSPS) is 19.6. The van der Waals surface area contributed by atoms with E-state index in [0.717, 1.165) is 48.6 Å². The molecule has 3 aromatic rings. The molecule has 0 aliphatic carbocycles. The number of fused-ring (bicyclic) bond motifs is 1. The number of para-hydroxylation sites is 1. The van der Waals surface area contributed by atoms with Gasteiger partial charge in [-0.05, 0) is 62.9 Å². The summed E-state index contributed by atoms with van der Waals surface area (Å²) >= 11 is 0. The van der Waals surface area contributed by atoms with Crippen molar-refractivity contribution < 1.29 is 13.2 Å². The standard InChI is InChI=1S/C27H34N4O3S/c32-35(33,31-15-17-34-18-16-31)27-12-4-2-10-23(27)26-19-25(22-9-1-3-11-24(22)30-26)29-14-6-8-21-7-5-13-28-20-21/h1-4,9-12,19,21,28H,5-8,13-18,20H2,(H,29,30). The zero-order valence-corrected chi connectivity index (χ0v) is 20.9. The molecule has 1 unspecified atom stereocenters. The van der Waals surface area contributed by atoms with Gasteiger partial charge < -0.3 is 15.4 Å². The van der Waals surface area contributed by atoms with Gasteiger partial charge in [-0.25, -0.2) is 13.4 Å². The summed E-state index contributed by atoms with van der Waals surface area (Å²) in [6, 6.07) is 17.2. The Kier molecular flexibility index (Phi) is 7.63. The number of pyridine rings is 1. The van der Waals surface area contributed by atoms with E-state index in [-0.39, 0.29) is 0 Å². The van der Waals surface area contributed by atoms with Gasteiger partial charge in [0.2, 0.25) is 10.0 Å². The molecular weight excluding hydrogens is 460 g/mol. The van der Waals surface area contributed by atoms with Gasteiger partial charge in [0.05, 0.1) is 29.3 Å². The third-order valence-electron chi connectivity index (χ3n) is 6.97. The van der Waals surface area contributed by atoms with Crippen molar-refractivity contribution in [3.8, 4) is 11.3 Å². The molecule has 0 spiro atoms. The van der Waals surface area contributed by atoms with Gasteiger partial charge in [0.1, 0.15) is 0 Å². The van der Waals surface area contributed by atoms with Crippen LogP contribution in [0.25, 0.3) is 22.2 Å². The number of aromatic nitrogens is 1. The Hall–Kier alpha value is -2.52. The molecule has 2 N–H and O–H groups in total. The summed E-state index contributed by atoms with van der Waals surface area (Å²) in [5, 5.41) is 8.16. The second-order valence-electron chi connectivity index (χ2n) is 9.37. The first-order valence-electron chi connectivity index (χ1n) is 12.6. The fourth-order valence-electron chi connectivity index (χ4n) is 5.07. The lowest BCUT2D eigenvalue weighted by Gasteiger charge is -2.27. The smallest absolute Gasteiger partial charge is 0.243 e. The summed E-state index contributed by atoms with van der Waals surface area (Å²) in [6.07, 6.45) is 4.88. The first-order chi connectivity index (χ1) is 17.1. The number of ether oxygens (including phenoxy) is 1. The lowest BCUT2D eigenvalue weighted by Crippen LogP contribution is -2.40. The van der Waals surface area contributed by atoms with Gasteiger partial charge in [0.25, 0.3) is 0 Å². The molecule has 186 valence electrons. The predicted octanol–water partition coefficient (Wildman–Crippen LogP) is 4.11. The van der Waals surface area contributed by atoms with Crippen LogP contribution in [0.15, 0.2) is 59.5 Å². The SMILES string of the molecule is O=S(=O)(c1ccccc1-c1cc(NCCCC2CCCNC2)c2ccccc2n1)N1CCOCC1. The maximum Gasteiger partial charge on any atom is 0.243 e. The van der Waals surface area contributed by atoms with Crippen LogP contribution in [0.1, 0.15) is 25.7 Å². The molecule has 1 atom stereocenters. The highest BCUT2D eigenvalue weighted by Gasteiger charge is 2.29. The van der Waals surface area contributed by atoms with Crippen LogP contribution in [-0.4, -0.2) is 63.6 Å². The third kappa shape index (κ3) is 5.51. The molecule has 8 heteroatoms. The molecule has 7 nitrogen and oxygen atoms in total. The van der Waals surface area contributed by atoms with Crippen LogP contribution in [-0.2, 0) is 14.8 Å². The van der Waals surface area contributed by atoms with E-state index < -0.39 is 10.0 Å². The molecule has 2 aliphatic rings. The van der Waals surface area contributed by atoms with E-state index in [9.17, 15) is 8.42 Å². The summed E-state index contributed by atoms with van der Waals surface area (Å²) in [5.41, 5.74) is 3.13. The van der Waals surface area contributed by atoms with Crippen molar-refractivity contribution in [2.45, 2.75) is 30.6 Å². The Bertz CT molecular complexity index is 1250. The average Bonchev–Trinajstić information content (AvgIpc) is 2.92. The largest absolute Gasteiger partial charge is 0.384 e. The highest BCUT2D eigenvalue weighted by molar-refractivity contribution is 7.89. The van der Waals surface area contributed by atoms with Crippen LogP contribution < -0.4 is 10.6 Å². The number of hydrogen-bond donors (Lipinski definition) is 2. The quantitative estimate of drug-likeness (QED) is 0.459. The van der Waals surface area contributed by atoms with Gasteiger partial charge in [-0.2, -0.15) is 4.31 Å². The highest BCUT2D eigenvalue weighted by Crippen LogP contribution is 2.33. The van der Waals surface area contributed by atoms with Crippen LogP contribution in [0.3, 0.4) is 0 Å². The number of hydrogen-bond acceptors (Lipinski definition) is 6. The van der Waals surface area contributed by atoms with Crippen molar-refractivity contribution in [3.05, 3.63) is 54.6 Å². The molecule has 1 aromatic heterocycles. The number of morpholine rings is 1. The first kappa shape index (κ1) is 24.2. The van der Waals surface area contributed by atoms with Gasteiger partial charge >= 0.3 is 0 Å². The van der Waals surface area contributed by atoms with E-state index in [1.54, 1.807) is 12.1 Å². The molecule has 35 heavy (non-hydrogen) atoms. The molecule has 5 rings (SSSR count). The summed E-state index contributed by atoms with van der Waals surface area (Å²) in [5.74, 6) is 0.757. The van der Waals surface area contributed by atoms with Crippen LogP contribution in [0.2, 0.25) is 0 Å². The van der Waals surface area contributed by atoms with Crippen molar-refractivity contribution in [2.24, 2.45) is 5.92 Å². The van der Waals surface area contributed by atoms with Crippen LogP contribution in [0, 0.1) is 5.92 Å². The van der Waals surface area contributed by atoms with Crippen molar-refractivity contribution in [1.29, 1.82) is 0 Å². The fourth-order valence-corrected chi connectivity index (χ4v) is 6.68. The van der Waals surface area contributed by atoms with E-state index in [1.807, 2.05) is 36.4 Å². The number of benzene rings is 2. The van der Waals surface area contributed by atoms with Crippen LogP contribution in [0.4, 0.5) is 5.69 Å². The Morgan fingerprint density at radius 3 is 2.71 bits per heavy atom. The Balaban J connectivity index is 1.43. The van der Waals surface area contributed by atoms with Crippen molar-refractivity contribution in [1.82, 2.24) is 14.6 Å². The second-order valence-corrected chi connectivity index (χ2v) is 11.3. The number of rotatable bonds is 8. The number of anilines is 1. The van der Waals surface area contributed by atoms with Crippen molar-refractivity contribution in [3.63, 3.8) is 0 Å². The highest BCUT2D eigenvalue weighted by atomic mass is 32.2. The first-order valence-corrected chi connectivity index (χ1v) is 14.1. The molecule has 3 heterocycles. The van der Waals surface area contributed by atoms with Gasteiger partial charge in [-0.3, -0.25) is 0 Å². The molecule has 0 radical (unpaired) electrons. The zero-order chi connectivity index (χ0) is 24.1. The monoisotopic (exact) mass is 494 g/mol. The minimum absolute atomic E-state index is 0.292. The van der Waals surface area contributed by atoms with E-state index in [0.29, 0.717) is 42.5 Å². The zero-order valence-electron chi connectivity index (χ0n) is 20.1. The third-order valence-corrected chi connectivity index (χ3v) is 8.93. The fraction of sp³-hybridized carbons (Fsp3) is 0.444. The van der Waals surface area contributed by atoms with Gasteiger partial charge in [0, 0.05) is 36.3 Å². The van der Waals surface area contributed by atoms with E-state index >= 15 is 0 Å². The molecule has 0 saturated carbocycles. The maximum absolute atomic E-state index is 13.5. The van der Waals surface area contributed by atoms with Crippen molar-refractivity contribution in [2.75, 3.05) is 51.3 Å². The maximum atomic E-state index is 13.5.